The molecule has 0 saturated heterocycles. The highest BCUT2D eigenvalue weighted by molar-refractivity contribution is 5.76. The molecule has 0 aromatic carbocycles. The maximum atomic E-state index is 11.7. The minimum atomic E-state index is 0.116. The van der Waals surface area contributed by atoms with Crippen molar-refractivity contribution in [3.63, 3.8) is 0 Å². The van der Waals surface area contributed by atoms with Crippen molar-refractivity contribution in [2.45, 2.75) is 52.0 Å². The highest BCUT2D eigenvalue weighted by atomic mass is 16.5. The molecule has 0 aromatic heterocycles. The number of hydrogen-bond acceptors (Lipinski definition) is 3. The Labute approximate surface area is 111 Å². The van der Waals surface area contributed by atoms with Gasteiger partial charge in [0.1, 0.15) is 0 Å². The lowest BCUT2D eigenvalue weighted by Gasteiger charge is -2.27. The number of carbonyl (C=O) groups is 1. The summed E-state index contributed by atoms with van der Waals surface area (Å²) in [7, 11) is 0. The quantitative estimate of drug-likeness (QED) is 0.681. The number of nitrogens with two attached hydrogens (primary N) is 1. The Hall–Kier alpha value is -0.610. The first-order chi connectivity index (χ1) is 8.59. The predicted molar refractivity (Wildman–Crippen MR) is 73.2 cm³/mol. The fourth-order valence-electron chi connectivity index (χ4n) is 2.38. The van der Waals surface area contributed by atoms with Crippen LogP contribution in [0, 0.1) is 11.8 Å². The number of rotatable bonds is 7. The van der Waals surface area contributed by atoms with Gasteiger partial charge in [0.2, 0.25) is 5.91 Å². The lowest BCUT2D eigenvalue weighted by Crippen LogP contribution is -2.37. The van der Waals surface area contributed by atoms with E-state index in [-0.39, 0.29) is 11.9 Å². The van der Waals surface area contributed by atoms with Crippen molar-refractivity contribution < 1.29 is 9.53 Å². The van der Waals surface area contributed by atoms with Gasteiger partial charge in [-0.15, -0.1) is 0 Å². The molecule has 0 bridgehead atoms. The summed E-state index contributed by atoms with van der Waals surface area (Å²) in [5.74, 6) is 1.03. The van der Waals surface area contributed by atoms with Crippen molar-refractivity contribution in [3.8, 4) is 0 Å². The predicted octanol–water partition coefficient (Wildman–Crippen LogP) is 1.68. The lowest BCUT2D eigenvalue weighted by atomic mass is 9.83. The molecule has 3 N–H and O–H groups in total. The monoisotopic (exact) mass is 256 g/mol. The Morgan fingerprint density at radius 2 is 2.11 bits per heavy atom. The third kappa shape index (κ3) is 6.36. The van der Waals surface area contributed by atoms with E-state index in [4.69, 9.17) is 10.5 Å². The van der Waals surface area contributed by atoms with Crippen LogP contribution in [0.1, 0.15) is 46.0 Å². The van der Waals surface area contributed by atoms with E-state index in [1.165, 1.54) is 12.8 Å². The molecule has 0 aliphatic heterocycles. The number of carbonyl (C=O) groups excluding carboxylic acids is 1. The van der Waals surface area contributed by atoms with Crippen molar-refractivity contribution in [2.75, 3.05) is 19.8 Å². The summed E-state index contributed by atoms with van der Waals surface area (Å²) in [6, 6.07) is 0.210. The van der Waals surface area contributed by atoms with Gasteiger partial charge in [-0.3, -0.25) is 4.79 Å². The molecule has 1 aliphatic carbocycles. The zero-order valence-corrected chi connectivity index (χ0v) is 11.8. The summed E-state index contributed by atoms with van der Waals surface area (Å²) >= 11 is 0. The molecule has 0 spiro atoms. The number of hydrogen-bond donors (Lipinski definition) is 2. The molecule has 0 heterocycles. The SMILES string of the molecule is CC(C)COCCNC(=O)CC1CCCCC1N. The Kier molecular flexibility index (Phi) is 7.28. The first-order valence-electron chi connectivity index (χ1n) is 7.19. The molecule has 18 heavy (non-hydrogen) atoms. The molecule has 1 amide bonds. The van der Waals surface area contributed by atoms with Crippen LogP contribution in [0.2, 0.25) is 0 Å². The highest BCUT2D eigenvalue weighted by Gasteiger charge is 2.23. The normalized spacial score (nSPS) is 24.2. The van der Waals surface area contributed by atoms with Crippen LogP contribution in [0.15, 0.2) is 0 Å². The maximum absolute atomic E-state index is 11.7. The summed E-state index contributed by atoms with van der Waals surface area (Å²) in [5.41, 5.74) is 6.03. The van der Waals surface area contributed by atoms with E-state index in [1.807, 2.05) is 0 Å². The number of ether oxygens (including phenoxy) is 1. The molecule has 1 saturated carbocycles. The summed E-state index contributed by atoms with van der Waals surface area (Å²) in [6.45, 7) is 6.18. The molecule has 106 valence electrons. The molecule has 2 atom stereocenters. The van der Waals surface area contributed by atoms with Crippen LogP contribution in [0.25, 0.3) is 0 Å². The number of nitrogens with one attached hydrogen (secondary N) is 1. The van der Waals surface area contributed by atoms with Crippen LogP contribution in [0.5, 0.6) is 0 Å². The van der Waals surface area contributed by atoms with Crippen LogP contribution in [-0.2, 0) is 9.53 Å². The van der Waals surface area contributed by atoms with Crippen molar-refractivity contribution in [2.24, 2.45) is 17.6 Å². The van der Waals surface area contributed by atoms with E-state index in [0.29, 0.717) is 31.4 Å². The van der Waals surface area contributed by atoms with Gasteiger partial charge in [0.15, 0.2) is 0 Å². The zero-order chi connectivity index (χ0) is 13.4. The fourth-order valence-corrected chi connectivity index (χ4v) is 2.38. The first-order valence-corrected chi connectivity index (χ1v) is 7.19. The molecule has 1 fully saturated rings. The minimum Gasteiger partial charge on any atom is -0.379 e. The standard InChI is InChI=1S/C14H28N2O2/c1-11(2)10-18-8-7-16-14(17)9-12-5-3-4-6-13(12)15/h11-13H,3-10,15H2,1-2H3,(H,16,17). The van der Waals surface area contributed by atoms with Gasteiger partial charge in [-0.05, 0) is 24.7 Å². The van der Waals surface area contributed by atoms with Gasteiger partial charge in [0, 0.05) is 25.6 Å². The lowest BCUT2D eigenvalue weighted by molar-refractivity contribution is -0.122. The van der Waals surface area contributed by atoms with E-state index in [2.05, 4.69) is 19.2 Å². The molecular weight excluding hydrogens is 228 g/mol. The second kappa shape index (κ2) is 8.48. The Morgan fingerprint density at radius 3 is 2.78 bits per heavy atom. The summed E-state index contributed by atoms with van der Waals surface area (Å²) in [4.78, 5) is 11.7. The van der Waals surface area contributed by atoms with Crippen LogP contribution in [0.4, 0.5) is 0 Å². The van der Waals surface area contributed by atoms with Crippen LogP contribution < -0.4 is 11.1 Å². The Morgan fingerprint density at radius 1 is 1.39 bits per heavy atom. The number of amides is 1. The average Bonchev–Trinajstić information content (AvgIpc) is 2.31. The molecular formula is C14H28N2O2. The maximum Gasteiger partial charge on any atom is 0.220 e. The molecule has 4 nitrogen and oxygen atoms in total. The molecule has 0 aromatic rings. The van der Waals surface area contributed by atoms with E-state index in [9.17, 15) is 4.79 Å². The fraction of sp³-hybridized carbons (Fsp3) is 0.929. The highest BCUT2D eigenvalue weighted by Crippen LogP contribution is 2.25. The third-order valence-electron chi connectivity index (χ3n) is 3.44. The molecule has 2 unspecified atom stereocenters. The summed E-state index contributed by atoms with van der Waals surface area (Å²) in [5, 5.41) is 2.90. The smallest absolute Gasteiger partial charge is 0.220 e. The van der Waals surface area contributed by atoms with Crippen molar-refractivity contribution in [3.05, 3.63) is 0 Å². The van der Waals surface area contributed by atoms with Crippen molar-refractivity contribution in [1.29, 1.82) is 0 Å². The van der Waals surface area contributed by atoms with E-state index >= 15 is 0 Å². The van der Waals surface area contributed by atoms with Gasteiger partial charge < -0.3 is 15.8 Å². The van der Waals surface area contributed by atoms with E-state index in [1.54, 1.807) is 0 Å². The van der Waals surface area contributed by atoms with E-state index < -0.39 is 0 Å². The first kappa shape index (κ1) is 15.4. The summed E-state index contributed by atoms with van der Waals surface area (Å²) in [6.07, 6.45) is 5.16. The topological polar surface area (TPSA) is 64.3 Å². The third-order valence-corrected chi connectivity index (χ3v) is 3.44. The Balaban J connectivity index is 2.06. The molecule has 4 heteroatoms. The average molecular weight is 256 g/mol. The van der Waals surface area contributed by atoms with Gasteiger partial charge in [0.25, 0.3) is 0 Å². The second-order valence-electron chi connectivity index (χ2n) is 5.73. The van der Waals surface area contributed by atoms with Gasteiger partial charge in [0.05, 0.1) is 6.61 Å². The van der Waals surface area contributed by atoms with Gasteiger partial charge >= 0.3 is 0 Å². The molecule has 0 radical (unpaired) electrons. The molecule has 1 aliphatic rings. The van der Waals surface area contributed by atoms with Crippen molar-refractivity contribution >= 4 is 5.91 Å². The van der Waals surface area contributed by atoms with Gasteiger partial charge in [-0.1, -0.05) is 26.7 Å². The zero-order valence-electron chi connectivity index (χ0n) is 11.8. The van der Waals surface area contributed by atoms with Gasteiger partial charge in [-0.25, -0.2) is 0 Å². The Bertz CT molecular complexity index is 244. The van der Waals surface area contributed by atoms with Crippen LogP contribution >= 0.6 is 0 Å². The molecule has 1 rings (SSSR count). The van der Waals surface area contributed by atoms with Crippen LogP contribution in [-0.4, -0.2) is 31.7 Å². The summed E-state index contributed by atoms with van der Waals surface area (Å²) < 4.78 is 5.42. The largest absolute Gasteiger partial charge is 0.379 e. The van der Waals surface area contributed by atoms with Gasteiger partial charge in [-0.2, -0.15) is 0 Å². The minimum absolute atomic E-state index is 0.116. The van der Waals surface area contributed by atoms with Crippen LogP contribution in [0.3, 0.4) is 0 Å². The second-order valence-corrected chi connectivity index (χ2v) is 5.73. The van der Waals surface area contributed by atoms with Crippen molar-refractivity contribution in [1.82, 2.24) is 5.32 Å². The van der Waals surface area contributed by atoms with E-state index in [0.717, 1.165) is 19.4 Å².